The van der Waals surface area contributed by atoms with Crippen LogP contribution in [-0.4, -0.2) is 32.9 Å². The number of allylic oxidation sites excluding steroid dienone is 6. The van der Waals surface area contributed by atoms with Crippen molar-refractivity contribution in [3.8, 4) is 11.3 Å². The van der Waals surface area contributed by atoms with E-state index in [2.05, 4.69) is 53.7 Å². The van der Waals surface area contributed by atoms with Crippen molar-refractivity contribution in [2.75, 3.05) is 13.1 Å². The number of fused-ring (bicyclic) bond motifs is 1. The molecule has 1 N–H and O–H groups in total. The molecule has 0 amide bonds. The van der Waals surface area contributed by atoms with Gasteiger partial charge in [-0.25, -0.2) is 9.97 Å². The molecule has 33 heavy (non-hydrogen) atoms. The van der Waals surface area contributed by atoms with Gasteiger partial charge in [0.15, 0.2) is 0 Å². The van der Waals surface area contributed by atoms with Crippen LogP contribution < -0.4 is 0 Å². The summed E-state index contributed by atoms with van der Waals surface area (Å²) >= 11 is 0. The number of hydrogen-bond donors (Lipinski definition) is 1. The number of hydrogen-bond acceptors (Lipinski definition) is 3. The molecular weight excluding hydrogens is 404 g/mol. The summed E-state index contributed by atoms with van der Waals surface area (Å²) in [5, 5.41) is 1.05. The van der Waals surface area contributed by atoms with Crippen LogP contribution in [0, 0.1) is 5.92 Å². The smallest absolute Gasteiger partial charge is 0.137 e. The topological polar surface area (TPSA) is 44.8 Å². The predicted molar refractivity (Wildman–Crippen MR) is 140 cm³/mol. The van der Waals surface area contributed by atoms with Gasteiger partial charge in [-0.1, -0.05) is 55.7 Å². The van der Waals surface area contributed by atoms with Crippen molar-refractivity contribution in [1.29, 1.82) is 0 Å². The first-order chi connectivity index (χ1) is 16.0. The molecule has 3 aromatic rings. The number of piperidine rings is 1. The third-order valence-corrected chi connectivity index (χ3v) is 6.38. The Bertz CT molecular complexity index is 1250. The molecule has 0 bridgehead atoms. The predicted octanol–water partition coefficient (Wildman–Crippen LogP) is 7.03. The fourth-order valence-electron chi connectivity index (χ4n) is 4.34. The van der Waals surface area contributed by atoms with Crippen LogP contribution in [-0.2, 0) is 0 Å². The van der Waals surface area contributed by atoms with Gasteiger partial charge < -0.3 is 9.88 Å². The average Bonchev–Trinajstić information content (AvgIpc) is 3.27. The lowest BCUT2D eigenvalue weighted by molar-refractivity contribution is 0.278. The summed E-state index contributed by atoms with van der Waals surface area (Å²) < 4.78 is 0. The summed E-state index contributed by atoms with van der Waals surface area (Å²) in [6, 6.07) is 10.4. The number of nitrogens with one attached hydrogen (secondary N) is 1. The van der Waals surface area contributed by atoms with E-state index >= 15 is 0 Å². The molecule has 4 heterocycles. The summed E-state index contributed by atoms with van der Waals surface area (Å²) in [6.45, 7) is 18.5. The first-order valence-electron chi connectivity index (χ1n) is 11.5. The van der Waals surface area contributed by atoms with E-state index in [9.17, 15) is 0 Å². The largest absolute Gasteiger partial charge is 0.370 e. The maximum atomic E-state index is 4.93. The summed E-state index contributed by atoms with van der Waals surface area (Å²) in [5.74, 6) is 0.617. The highest BCUT2D eigenvalue weighted by molar-refractivity contribution is 5.87. The molecule has 4 nitrogen and oxygen atoms in total. The van der Waals surface area contributed by atoms with Crippen molar-refractivity contribution >= 4 is 22.3 Å². The Labute approximate surface area is 196 Å². The number of aromatic amines is 1. The van der Waals surface area contributed by atoms with Crippen LogP contribution in [0.15, 0.2) is 86.1 Å². The molecule has 1 aliphatic rings. The van der Waals surface area contributed by atoms with Crippen LogP contribution in [0.1, 0.15) is 38.1 Å². The molecule has 0 saturated carbocycles. The number of nitrogens with zero attached hydrogens (tertiary/aromatic N) is 3. The van der Waals surface area contributed by atoms with Crippen molar-refractivity contribution < 1.29 is 0 Å². The maximum Gasteiger partial charge on any atom is 0.137 e. The highest BCUT2D eigenvalue weighted by atomic mass is 15.1. The molecule has 0 aromatic carbocycles. The van der Waals surface area contributed by atoms with E-state index in [1.54, 1.807) is 0 Å². The van der Waals surface area contributed by atoms with Gasteiger partial charge in [-0.15, -0.1) is 0 Å². The SMILES string of the molecule is C=C/C(=C\C=C/C)c1cc2cc(-c3cccc(C(=C)N4CCC(C(=C)C)CC4)n3)cnc2[nH]1. The number of pyridine rings is 2. The molecule has 1 fully saturated rings. The minimum absolute atomic E-state index is 0.617. The maximum absolute atomic E-state index is 4.93. The second-order valence-electron chi connectivity index (χ2n) is 8.66. The molecule has 0 unspecified atom stereocenters. The van der Waals surface area contributed by atoms with Gasteiger partial charge in [-0.2, -0.15) is 0 Å². The Hall–Kier alpha value is -3.66. The average molecular weight is 437 g/mol. The second-order valence-corrected chi connectivity index (χ2v) is 8.66. The fraction of sp³-hybridized carbons (Fsp3) is 0.241. The van der Waals surface area contributed by atoms with E-state index in [1.807, 2.05) is 55.6 Å². The zero-order chi connectivity index (χ0) is 23.4. The fourth-order valence-corrected chi connectivity index (χ4v) is 4.34. The third-order valence-electron chi connectivity index (χ3n) is 6.38. The zero-order valence-corrected chi connectivity index (χ0v) is 19.6. The molecule has 0 radical (unpaired) electrons. The van der Waals surface area contributed by atoms with Crippen molar-refractivity contribution in [2.24, 2.45) is 5.92 Å². The van der Waals surface area contributed by atoms with Crippen molar-refractivity contribution in [3.05, 3.63) is 97.5 Å². The van der Waals surface area contributed by atoms with Crippen LogP contribution in [0.4, 0.5) is 0 Å². The summed E-state index contributed by atoms with van der Waals surface area (Å²) in [6.07, 6.45) is 12.0. The first-order valence-corrected chi connectivity index (χ1v) is 11.5. The molecule has 4 heteroatoms. The summed E-state index contributed by atoms with van der Waals surface area (Å²) in [5.41, 5.74) is 7.95. The van der Waals surface area contributed by atoms with Gasteiger partial charge in [-0.05, 0) is 62.4 Å². The minimum Gasteiger partial charge on any atom is -0.370 e. The Morgan fingerprint density at radius 2 is 1.97 bits per heavy atom. The van der Waals surface area contributed by atoms with Gasteiger partial charge in [0.1, 0.15) is 5.65 Å². The number of aromatic nitrogens is 3. The molecule has 0 atom stereocenters. The van der Waals surface area contributed by atoms with Gasteiger partial charge in [-0.3, -0.25) is 0 Å². The van der Waals surface area contributed by atoms with Crippen LogP contribution in [0.2, 0.25) is 0 Å². The first kappa shape index (κ1) is 22.5. The van der Waals surface area contributed by atoms with E-state index < -0.39 is 0 Å². The van der Waals surface area contributed by atoms with Crippen molar-refractivity contribution in [3.63, 3.8) is 0 Å². The van der Waals surface area contributed by atoms with Gasteiger partial charge in [0.2, 0.25) is 0 Å². The zero-order valence-electron chi connectivity index (χ0n) is 19.6. The van der Waals surface area contributed by atoms with E-state index in [0.717, 1.165) is 70.9 Å². The van der Waals surface area contributed by atoms with Crippen molar-refractivity contribution in [1.82, 2.24) is 19.9 Å². The molecule has 0 spiro atoms. The highest BCUT2D eigenvalue weighted by Crippen LogP contribution is 2.29. The van der Waals surface area contributed by atoms with E-state index in [1.165, 1.54) is 5.57 Å². The molecule has 1 saturated heterocycles. The van der Waals surface area contributed by atoms with Crippen LogP contribution >= 0.6 is 0 Å². The molecular formula is C29H32N4. The quantitative estimate of drug-likeness (QED) is 0.319. The summed E-state index contributed by atoms with van der Waals surface area (Å²) in [4.78, 5) is 15.3. The monoisotopic (exact) mass is 436 g/mol. The standard InChI is InChI=1S/C29H32N4/c1-6-8-10-22(7-2)28-18-24-17-25(19-30-29(24)32-28)27-12-9-11-26(31-27)21(5)33-15-13-23(14-16-33)20(3)4/h6-12,17-19,23H,2-3,5,13-16H2,1,4H3,(H,30,32)/b8-6-,22-10+. The minimum atomic E-state index is 0.617. The Morgan fingerprint density at radius 3 is 2.67 bits per heavy atom. The van der Waals surface area contributed by atoms with E-state index in [-0.39, 0.29) is 0 Å². The van der Waals surface area contributed by atoms with E-state index in [4.69, 9.17) is 4.98 Å². The Balaban J connectivity index is 1.58. The molecule has 1 aliphatic heterocycles. The molecule has 0 aliphatic carbocycles. The van der Waals surface area contributed by atoms with Crippen LogP contribution in [0.3, 0.4) is 0 Å². The van der Waals surface area contributed by atoms with Gasteiger partial charge in [0.25, 0.3) is 0 Å². The lowest BCUT2D eigenvalue weighted by atomic mass is 9.91. The van der Waals surface area contributed by atoms with E-state index in [0.29, 0.717) is 5.92 Å². The highest BCUT2D eigenvalue weighted by Gasteiger charge is 2.21. The third kappa shape index (κ3) is 4.90. The number of rotatable bonds is 7. The van der Waals surface area contributed by atoms with Crippen LogP contribution in [0.25, 0.3) is 33.6 Å². The number of likely N-dealkylation sites (tertiary alicyclic amines) is 1. The lowest BCUT2D eigenvalue weighted by Gasteiger charge is -2.34. The molecule has 4 rings (SSSR count). The lowest BCUT2D eigenvalue weighted by Crippen LogP contribution is -2.32. The van der Waals surface area contributed by atoms with Gasteiger partial charge in [0.05, 0.1) is 17.1 Å². The second kappa shape index (κ2) is 9.86. The Morgan fingerprint density at radius 1 is 1.18 bits per heavy atom. The molecule has 3 aromatic heterocycles. The van der Waals surface area contributed by atoms with Crippen molar-refractivity contribution in [2.45, 2.75) is 26.7 Å². The van der Waals surface area contributed by atoms with Crippen LogP contribution in [0.5, 0.6) is 0 Å². The van der Waals surface area contributed by atoms with Gasteiger partial charge >= 0.3 is 0 Å². The number of H-pyrrole nitrogens is 1. The van der Waals surface area contributed by atoms with Gasteiger partial charge in [0, 0.05) is 35.9 Å². The Kier molecular flexibility index (Phi) is 6.74. The molecule has 168 valence electrons. The summed E-state index contributed by atoms with van der Waals surface area (Å²) in [7, 11) is 0. The normalized spacial score (nSPS) is 15.3.